The van der Waals surface area contributed by atoms with Crippen molar-refractivity contribution < 1.29 is 18.7 Å². The first-order valence-electron chi connectivity index (χ1n) is 15.0. The van der Waals surface area contributed by atoms with Gasteiger partial charge >= 0.3 is 7.75 Å². The molecule has 228 valence electrons. The minimum atomic E-state index is -4.12. The SMILES string of the molecule is O=P(/N=C1/CC(c2ccc(CO)cc2)=CC(C2CC2)N1Cc1sc2ccccc2c1Cl)(Oc1ccccc1)Oc1ccccc1. The molecular weight excluding hydrogens is 623 g/mol. The number of aliphatic hydroxyl groups excluding tert-OH is 1. The molecule has 0 saturated heterocycles. The van der Waals surface area contributed by atoms with Crippen LogP contribution in [0.3, 0.4) is 0 Å². The molecule has 7 rings (SSSR count). The van der Waals surface area contributed by atoms with E-state index in [9.17, 15) is 9.67 Å². The van der Waals surface area contributed by atoms with Crippen molar-refractivity contribution in [2.75, 3.05) is 0 Å². The highest BCUT2D eigenvalue weighted by molar-refractivity contribution is 7.53. The van der Waals surface area contributed by atoms with Crippen LogP contribution in [-0.4, -0.2) is 21.9 Å². The summed E-state index contributed by atoms with van der Waals surface area (Å²) in [6, 6.07) is 34.1. The van der Waals surface area contributed by atoms with Gasteiger partial charge in [0.25, 0.3) is 0 Å². The molecule has 0 bridgehead atoms. The molecule has 1 N–H and O–H groups in total. The highest BCUT2D eigenvalue weighted by atomic mass is 35.5. The van der Waals surface area contributed by atoms with Crippen LogP contribution in [0.5, 0.6) is 11.5 Å². The first kappa shape index (κ1) is 29.8. The van der Waals surface area contributed by atoms with Gasteiger partial charge in [0.1, 0.15) is 17.3 Å². The van der Waals surface area contributed by atoms with Crippen LogP contribution < -0.4 is 9.05 Å². The predicted octanol–water partition coefficient (Wildman–Crippen LogP) is 9.78. The van der Waals surface area contributed by atoms with E-state index < -0.39 is 7.75 Å². The number of benzene rings is 4. The maximum atomic E-state index is 14.7. The monoisotopic (exact) mass is 654 g/mol. The van der Waals surface area contributed by atoms with Crippen LogP contribution in [-0.2, 0) is 17.7 Å². The molecule has 1 aliphatic heterocycles. The normalized spacial score (nSPS) is 17.8. The number of hydrogen-bond donors (Lipinski definition) is 1. The molecule has 1 saturated carbocycles. The third-order valence-electron chi connectivity index (χ3n) is 8.11. The van der Waals surface area contributed by atoms with Crippen LogP contribution in [0.15, 0.2) is 120 Å². The van der Waals surface area contributed by atoms with Crippen LogP contribution in [0.2, 0.25) is 5.02 Å². The lowest BCUT2D eigenvalue weighted by molar-refractivity contribution is 0.282. The molecule has 0 spiro atoms. The Morgan fingerprint density at radius 3 is 2.09 bits per heavy atom. The second kappa shape index (κ2) is 12.9. The smallest absolute Gasteiger partial charge is 0.399 e. The number of amidine groups is 1. The summed E-state index contributed by atoms with van der Waals surface area (Å²) < 4.78 is 33.0. The Morgan fingerprint density at radius 1 is 0.867 bits per heavy atom. The van der Waals surface area contributed by atoms with E-state index in [1.807, 2.05) is 78.9 Å². The lowest BCUT2D eigenvalue weighted by Crippen LogP contribution is -2.43. The lowest BCUT2D eigenvalue weighted by atomic mass is 9.92. The molecular formula is C36H32ClN2O4PS. The molecule has 9 heteroatoms. The summed E-state index contributed by atoms with van der Waals surface area (Å²) in [7, 11) is -4.12. The fourth-order valence-electron chi connectivity index (χ4n) is 5.69. The molecule has 45 heavy (non-hydrogen) atoms. The highest BCUT2D eigenvalue weighted by Gasteiger charge is 2.41. The van der Waals surface area contributed by atoms with Crippen LogP contribution in [0.4, 0.5) is 0 Å². The second-order valence-corrected chi connectivity index (χ2v) is 14.3. The summed E-state index contributed by atoms with van der Waals surface area (Å²) in [5, 5.41) is 11.4. The maximum Gasteiger partial charge on any atom is 0.564 e. The van der Waals surface area contributed by atoms with Crippen LogP contribution in [0.25, 0.3) is 15.7 Å². The largest absolute Gasteiger partial charge is 0.564 e. The van der Waals surface area contributed by atoms with Gasteiger partial charge in [-0.15, -0.1) is 16.1 Å². The Labute approximate surface area is 271 Å². The van der Waals surface area contributed by atoms with E-state index in [1.165, 1.54) is 0 Å². The number of nitrogens with zero attached hydrogens (tertiary/aromatic N) is 2. The summed E-state index contributed by atoms with van der Waals surface area (Å²) in [5.41, 5.74) is 2.97. The highest BCUT2D eigenvalue weighted by Crippen LogP contribution is 2.52. The zero-order valence-electron chi connectivity index (χ0n) is 24.5. The molecule has 4 aromatic carbocycles. The Balaban J connectivity index is 1.34. The quantitative estimate of drug-likeness (QED) is 0.152. The summed E-state index contributed by atoms with van der Waals surface area (Å²) in [6.07, 6.45) is 4.94. The van der Waals surface area contributed by atoms with Gasteiger partial charge in [-0.1, -0.05) is 96.5 Å². The number of halogens is 1. The fraction of sp³-hybridized carbons (Fsp3) is 0.194. The molecule has 1 unspecified atom stereocenters. The van der Waals surface area contributed by atoms with Crippen molar-refractivity contribution in [2.45, 2.75) is 38.5 Å². The van der Waals surface area contributed by atoms with Crippen molar-refractivity contribution in [2.24, 2.45) is 10.7 Å². The van der Waals surface area contributed by atoms with Crippen LogP contribution >= 0.6 is 30.7 Å². The molecule has 6 nitrogen and oxygen atoms in total. The molecule has 0 radical (unpaired) electrons. The molecule has 1 fully saturated rings. The van der Waals surface area contributed by atoms with Gasteiger partial charge in [-0.25, -0.2) is 4.57 Å². The average Bonchev–Trinajstić information content (AvgIpc) is 3.86. The van der Waals surface area contributed by atoms with Crippen molar-refractivity contribution in [1.82, 2.24) is 4.90 Å². The summed E-state index contributed by atoms with van der Waals surface area (Å²) in [6.45, 7) is 0.499. The topological polar surface area (TPSA) is 71.4 Å². The van der Waals surface area contributed by atoms with Gasteiger partial charge in [0.2, 0.25) is 0 Å². The fourth-order valence-corrected chi connectivity index (χ4v) is 8.55. The van der Waals surface area contributed by atoms with E-state index in [-0.39, 0.29) is 12.6 Å². The number of rotatable bonds is 10. The lowest BCUT2D eigenvalue weighted by Gasteiger charge is -2.38. The number of fused-ring (bicyclic) bond motifs is 1. The van der Waals surface area contributed by atoms with Crippen molar-refractivity contribution in [3.05, 3.63) is 136 Å². The number of para-hydroxylation sites is 2. The van der Waals surface area contributed by atoms with E-state index >= 15 is 0 Å². The van der Waals surface area contributed by atoms with E-state index in [2.05, 4.69) is 17.0 Å². The first-order valence-corrected chi connectivity index (χ1v) is 17.7. The number of aliphatic hydroxyl groups is 1. The Hall–Kier alpha value is -3.87. The molecule has 2 heterocycles. The van der Waals surface area contributed by atoms with Gasteiger partial charge in [0.05, 0.1) is 24.2 Å². The third kappa shape index (κ3) is 6.73. The van der Waals surface area contributed by atoms with Gasteiger partial charge in [0, 0.05) is 21.4 Å². The van der Waals surface area contributed by atoms with Crippen LogP contribution in [0, 0.1) is 5.92 Å². The van der Waals surface area contributed by atoms with Crippen molar-refractivity contribution in [1.29, 1.82) is 0 Å². The second-order valence-electron chi connectivity index (χ2n) is 11.3. The third-order valence-corrected chi connectivity index (χ3v) is 11.2. The van der Waals surface area contributed by atoms with Gasteiger partial charge in [-0.2, -0.15) is 0 Å². The standard InChI is InChI=1S/C36H32ClN2O4PS/c37-36-31-13-7-8-14-33(31)45-34(36)23-39-32(27-19-20-27)21-28(26-17-15-25(24-40)16-18-26)22-35(39)38-44(41,42-29-9-3-1-4-10-29)43-30-11-5-2-6-12-30/h1-18,21,27,32,40H,19-20,22-24H2/b38-35-. The van der Waals surface area contributed by atoms with Gasteiger partial charge in [-0.3, -0.25) is 0 Å². The molecule has 1 aliphatic carbocycles. The minimum absolute atomic E-state index is 0.0166. The average molecular weight is 655 g/mol. The van der Waals surface area contributed by atoms with E-state index in [4.69, 9.17) is 25.4 Å². The summed E-state index contributed by atoms with van der Waals surface area (Å²) in [5.74, 6) is 1.87. The van der Waals surface area contributed by atoms with Crippen molar-refractivity contribution >= 4 is 52.2 Å². The van der Waals surface area contributed by atoms with Gasteiger partial charge in [0.15, 0.2) is 0 Å². The van der Waals surface area contributed by atoms with E-state index in [1.54, 1.807) is 35.6 Å². The molecule has 1 atom stereocenters. The van der Waals surface area contributed by atoms with Crippen molar-refractivity contribution in [3.63, 3.8) is 0 Å². The Kier molecular flexibility index (Phi) is 8.52. The Bertz CT molecular complexity index is 1860. The first-order chi connectivity index (χ1) is 22.0. The summed E-state index contributed by atoms with van der Waals surface area (Å²) in [4.78, 5) is 3.28. The van der Waals surface area contributed by atoms with Gasteiger partial charge in [-0.05, 0) is 65.8 Å². The minimum Gasteiger partial charge on any atom is -0.399 e. The Morgan fingerprint density at radius 2 is 1.49 bits per heavy atom. The predicted molar refractivity (Wildman–Crippen MR) is 183 cm³/mol. The molecule has 5 aromatic rings. The molecule has 1 aromatic heterocycles. The zero-order valence-corrected chi connectivity index (χ0v) is 26.9. The summed E-state index contributed by atoms with van der Waals surface area (Å²) >= 11 is 8.65. The number of thiophene rings is 1. The van der Waals surface area contributed by atoms with Gasteiger partial charge < -0.3 is 19.1 Å². The zero-order chi connectivity index (χ0) is 30.8. The number of hydrogen-bond acceptors (Lipinski definition) is 5. The van der Waals surface area contributed by atoms with E-state index in [0.29, 0.717) is 36.2 Å². The maximum absolute atomic E-state index is 14.7. The molecule has 2 aliphatic rings. The van der Waals surface area contributed by atoms with Crippen LogP contribution in [0.1, 0.15) is 35.3 Å². The van der Waals surface area contributed by atoms with E-state index in [0.717, 1.165) is 49.5 Å². The van der Waals surface area contributed by atoms with Crippen molar-refractivity contribution in [3.8, 4) is 11.5 Å². The molecule has 0 amide bonds.